The molecule has 1 atom stereocenters. The molecule has 21 heavy (non-hydrogen) atoms. The monoisotopic (exact) mass is 285 g/mol. The normalized spacial score (nSPS) is 12.8. The highest BCUT2D eigenvalue weighted by Crippen LogP contribution is 2.22. The number of nitrogens with one attached hydrogen (secondary N) is 1. The Labute approximate surface area is 128 Å². The molecule has 2 aromatic rings. The van der Waals surface area contributed by atoms with Gasteiger partial charge in [0.1, 0.15) is 0 Å². The van der Waals surface area contributed by atoms with Crippen molar-refractivity contribution >= 4 is 0 Å². The Bertz CT molecular complexity index is 540. The molecule has 0 aliphatic carbocycles. The average Bonchev–Trinajstić information content (AvgIpc) is 2.86. The molecular weight excluding hydrogens is 258 g/mol. The number of hydrogen-bond acceptors (Lipinski definition) is 2. The average molecular weight is 285 g/mol. The Kier molecular flexibility index (Phi) is 5.57. The van der Waals surface area contributed by atoms with E-state index in [1.54, 1.807) is 0 Å². The lowest BCUT2D eigenvalue weighted by atomic mass is 9.92. The minimum absolute atomic E-state index is 0.524. The number of nitrogens with zero attached hydrogens (tertiary/aromatic N) is 2. The third-order valence-electron chi connectivity index (χ3n) is 3.86. The van der Waals surface area contributed by atoms with Crippen molar-refractivity contribution in [2.75, 3.05) is 6.54 Å². The van der Waals surface area contributed by atoms with Crippen LogP contribution in [0.25, 0.3) is 0 Å². The molecular formula is C18H27N3. The van der Waals surface area contributed by atoms with Gasteiger partial charge >= 0.3 is 0 Å². The third kappa shape index (κ3) is 5.01. The van der Waals surface area contributed by atoms with Gasteiger partial charge in [-0.1, -0.05) is 43.7 Å². The number of aryl methyl sites for hydroxylation is 3. The van der Waals surface area contributed by atoms with Gasteiger partial charge < -0.3 is 5.32 Å². The first-order valence-electron chi connectivity index (χ1n) is 7.82. The molecule has 114 valence electrons. The van der Waals surface area contributed by atoms with Crippen LogP contribution >= 0.6 is 0 Å². The van der Waals surface area contributed by atoms with Gasteiger partial charge in [-0.05, 0) is 36.8 Å². The summed E-state index contributed by atoms with van der Waals surface area (Å²) in [6, 6.07) is 9.48. The number of rotatable bonds is 7. The summed E-state index contributed by atoms with van der Waals surface area (Å²) in [5, 5.41) is 7.83. The molecule has 0 radical (unpaired) electrons. The Morgan fingerprint density at radius 2 is 1.90 bits per heavy atom. The van der Waals surface area contributed by atoms with Gasteiger partial charge in [0.15, 0.2) is 0 Å². The molecule has 0 bridgehead atoms. The van der Waals surface area contributed by atoms with Crippen molar-refractivity contribution in [3.63, 3.8) is 0 Å². The fourth-order valence-electron chi connectivity index (χ4n) is 2.55. The van der Waals surface area contributed by atoms with Crippen molar-refractivity contribution in [2.24, 2.45) is 7.05 Å². The van der Waals surface area contributed by atoms with Crippen LogP contribution in [-0.4, -0.2) is 22.4 Å². The van der Waals surface area contributed by atoms with Crippen molar-refractivity contribution in [3.8, 4) is 0 Å². The zero-order valence-corrected chi connectivity index (χ0v) is 13.6. The maximum absolute atomic E-state index is 4.25. The van der Waals surface area contributed by atoms with Gasteiger partial charge in [-0.3, -0.25) is 4.68 Å². The second-order valence-corrected chi connectivity index (χ2v) is 6.23. The van der Waals surface area contributed by atoms with Gasteiger partial charge in [-0.2, -0.15) is 5.10 Å². The van der Waals surface area contributed by atoms with Crippen LogP contribution in [0.3, 0.4) is 0 Å². The largest absolute Gasteiger partial charge is 0.314 e. The summed E-state index contributed by atoms with van der Waals surface area (Å²) in [6.07, 6.45) is 6.31. The molecule has 0 aliphatic heterocycles. The summed E-state index contributed by atoms with van der Waals surface area (Å²) in [5.41, 5.74) is 4.07. The molecule has 0 spiro atoms. The van der Waals surface area contributed by atoms with E-state index in [1.807, 2.05) is 17.9 Å². The van der Waals surface area contributed by atoms with Crippen LogP contribution in [-0.2, 0) is 13.5 Å². The molecule has 2 rings (SSSR count). The SMILES string of the molecule is Cc1ccc(C(CCc2cnn(C)c2)CNC(C)C)cc1. The van der Waals surface area contributed by atoms with E-state index in [-0.39, 0.29) is 0 Å². The standard InChI is InChI=1S/C18H27N3/c1-14(2)19-12-18(17-8-5-15(3)6-9-17)10-7-16-11-20-21(4)13-16/h5-6,8-9,11,13-14,18-19H,7,10,12H2,1-4H3. The Hall–Kier alpha value is -1.61. The van der Waals surface area contributed by atoms with Crippen molar-refractivity contribution in [2.45, 2.75) is 45.6 Å². The zero-order chi connectivity index (χ0) is 15.2. The van der Waals surface area contributed by atoms with Gasteiger partial charge in [0.25, 0.3) is 0 Å². The highest BCUT2D eigenvalue weighted by molar-refractivity contribution is 5.25. The van der Waals surface area contributed by atoms with Gasteiger partial charge in [0, 0.05) is 25.8 Å². The zero-order valence-electron chi connectivity index (χ0n) is 13.6. The van der Waals surface area contributed by atoms with E-state index in [9.17, 15) is 0 Å². The minimum atomic E-state index is 0.524. The molecule has 0 fully saturated rings. The minimum Gasteiger partial charge on any atom is -0.314 e. The van der Waals surface area contributed by atoms with Crippen LogP contribution in [0.5, 0.6) is 0 Å². The number of aromatic nitrogens is 2. The first-order valence-corrected chi connectivity index (χ1v) is 7.82. The molecule has 0 saturated carbocycles. The van der Waals surface area contributed by atoms with Crippen molar-refractivity contribution in [1.29, 1.82) is 0 Å². The maximum Gasteiger partial charge on any atom is 0.0521 e. The van der Waals surface area contributed by atoms with E-state index < -0.39 is 0 Å². The van der Waals surface area contributed by atoms with Crippen molar-refractivity contribution in [1.82, 2.24) is 15.1 Å². The van der Waals surface area contributed by atoms with E-state index in [0.717, 1.165) is 19.4 Å². The smallest absolute Gasteiger partial charge is 0.0521 e. The number of benzene rings is 1. The van der Waals surface area contributed by atoms with Crippen LogP contribution in [0.15, 0.2) is 36.7 Å². The second-order valence-electron chi connectivity index (χ2n) is 6.23. The lowest BCUT2D eigenvalue weighted by Gasteiger charge is -2.20. The summed E-state index contributed by atoms with van der Waals surface area (Å²) >= 11 is 0. The Balaban J connectivity index is 2.02. The first-order chi connectivity index (χ1) is 10.0. The van der Waals surface area contributed by atoms with E-state index in [1.165, 1.54) is 16.7 Å². The predicted molar refractivity (Wildman–Crippen MR) is 88.6 cm³/mol. The topological polar surface area (TPSA) is 29.9 Å². The molecule has 1 unspecified atom stereocenters. The second kappa shape index (κ2) is 7.41. The van der Waals surface area contributed by atoms with E-state index in [2.05, 4.69) is 61.6 Å². The molecule has 1 aromatic carbocycles. The van der Waals surface area contributed by atoms with Crippen LogP contribution in [0.4, 0.5) is 0 Å². The van der Waals surface area contributed by atoms with Gasteiger partial charge in [-0.25, -0.2) is 0 Å². The third-order valence-corrected chi connectivity index (χ3v) is 3.86. The van der Waals surface area contributed by atoms with Crippen LogP contribution < -0.4 is 5.32 Å². The fourth-order valence-corrected chi connectivity index (χ4v) is 2.55. The highest BCUT2D eigenvalue weighted by Gasteiger charge is 2.12. The first kappa shape index (κ1) is 15.8. The fraction of sp³-hybridized carbons (Fsp3) is 0.500. The summed E-state index contributed by atoms with van der Waals surface area (Å²) in [6.45, 7) is 7.57. The predicted octanol–water partition coefficient (Wildman–Crippen LogP) is 3.44. The highest BCUT2D eigenvalue weighted by atomic mass is 15.2. The molecule has 3 nitrogen and oxygen atoms in total. The van der Waals surface area contributed by atoms with Gasteiger partial charge in [-0.15, -0.1) is 0 Å². The Morgan fingerprint density at radius 3 is 2.48 bits per heavy atom. The summed E-state index contributed by atoms with van der Waals surface area (Å²) in [5.74, 6) is 0.549. The molecule has 3 heteroatoms. The van der Waals surface area contributed by atoms with E-state index in [4.69, 9.17) is 0 Å². The van der Waals surface area contributed by atoms with Crippen LogP contribution in [0.1, 0.15) is 42.9 Å². The Morgan fingerprint density at radius 1 is 1.19 bits per heavy atom. The molecule has 0 aliphatic rings. The van der Waals surface area contributed by atoms with Crippen LogP contribution in [0.2, 0.25) is 0 Å². The maximum atomic E-state index is 4.25. The summed E-state index contributed by atoms with van der Waals surface area (Å²) in [4.78, 5) is 0. The molecule has 1 N–H and O–H groups in total. The lowest BCUT2D eigenvalue weighted by Crippen LogP contribution is -2.28. The molecule has 1 aromatic heterocycles. The van der Waals surface area contributed by atoms with E-state index >= 15 is 0 Å². The van der Waals surface area contributed by atoms with Crippen molar-refractivity contribution in [3.05, 3.63) is 53.3 Å². The van der Waals surface area contributed by atoms with E-state index in [0.29, 0.717) is 12.0 Å². The summed E-state index contributed by atoms with van der Waals surface area (Å²) in [7, 11) is 1.97. The lowest BCUT2D eigenvalue weighted by molar-refractivity contribution is 0.508. The van der Waals surface area contributed by atoms with Crippen molar-refractivity contribution < 1.29 is 0 Å². The van der Waals surface area contributed by atoms with Crippen LogP contribution in [0, 0.1) is 6.92 Å². The van der Waals surface area contributed by atoms with Gasteiger partial charge in [0.05, 0.1) is 6.20 Å². The molecule has 0 amide bonds. The molecule has 0 saturated heterocycles. The molecule has 1 heterocycles. The van der Waals surface area contributed by atoms with Gasteiger partial charge in [0.2, 0.25) is 0 Å². The quantitative estimate of drug-likeness (QED) is 0.844. The summed E-state index contributed by atoms with van der Waals surface area (Å²) < 4.78 is 1.88. The number of hydrogen-bond donors (Lipinski definition) is 1.